The third kappa shape index (κ3) is 2.28. The zero-order valence-corrected chi connectivity index (χ0v) is 13.5. The van der Waals surface area contributed by atoms with Crippen molar-refractivity contribution in [1.29, 1.82) is 0 Å². The van der Waals surface area contributed by atoms with Gasteiger partial charge in [-0.25, -0.2) is 9.37 Å². The predicted molar refractivity (Wildman–Crippen MR) is 83.4 cm³/mol. The van der Waals surface area contributed by atoms with Crippen LogP contribution in [0, 0.1) is 0 Å². The van der Waals surface area contributed by atoms with Crippen molar-refractivity contribution in [3.05, 3.63) is 34.9 Å². The molecule has 1 atom stereocenters. The van der Waals surface area contributed by atoms with E-state index in [1.54, 1.807) is 23.8 Å². The molecule has 0 aromatic heterocycles. The van der Waals surface area contributed by atoms with Gasteiger partial charge in [-0.15, -0.1) is 0 Å². The molecule has 0 aliphatic carbocycles. The van der Waals surface area contributed by atoms with E-state index < -0.39 is 12.1 Å². The van der Waals surface area contributed by atoms with Crippen molar-refractivity contribution < 1.29 is 14.2 Å². The van der Waals surface area contributed by atoms with E-state index in [1.807, 2.05) is 12.1 Å². The molecule has 1 aromatic carbocycles. The number of urea groups is 1. The Balaban J connectivity index is 1.96. The van der Waals surface area contributed by atoms with E-state index >= 15 is 0 Å². The molecule has 0 saturated carbocycles. The average Bonchev–Trinajstić information content (AvgIpc) is 2.80. The molecule has 6 nitrogen and oxygen atoms in total. The average molecular weight is 340 g/mol. The van der Waals surface area contributed by atoms with Crippen LogP contribution in [0.1, 0.15) is 5.56 Å². The highest BCUT2D eigenvalue weighted by Crippen LogP contribution is 2.22. The highest BCUT2D eigenvalue weighted by atomic mass is 35.5. The Kier molecular flexibility index (Phi) is 3.66. The number of likely N-dealkylation sites (N-methyl/N-ethyl adjacent to an activating group) is 2. The minimum Gasteiger partial charge on any atom is -0.269 e. The normalized spacial score (nSPS) is 21.5. The maximum absolute atomic E-state index is 12.4. The Labute approximate surface area is 137 Å². The summed E-state index contributed by atoms with van der Waals surface area (Å²) in [7, 11) is 3.02. The second-order valence-corrected chi connectivity index (χ2v) is 5.91. The Bertz CT molecular complexity index is 744. The zero-order chi connectivity index (χ0) is 16.0. The topological polar surface area (TPSA) is 56.0 Å². The van der Waals surface area contributed by atoms with Gasteiger partial charge in [-0.1, -0.05) is 23.7 Å². The minimum atomic E-state index is -0.695. The smallest absolute Gasteiger partial charge is 0.269 e. The Hall–Kier alpha value is -1.92. The molecule has 1 unspecified atom stereocenters. The second-order valence-electron chi connectivity index (χ2n) is 5.14. The zero-order valence-electron chi connectivity index (χ0n) is 12.0. The van der Waals surface area contributed by atoms with Crippen molar-refractivity contribution >= 4 is 46.3 Å². The maximum atomic E-state index is 12.4. The summed E-state index contributed by atoms with van der Waals surface area (Å²) in [5, 5.41) is 0.789. The van der Waals surface area contributed by atoms with Gasteiger partial charge in [0.15, 0.2) is 0 Å². The number of hydrogen-bond donors (Lipinski definition) is 0. The van der Waals surface area contributed by atoms with Gasteiger partial charge in [0.05, 0.1) is 0 Å². The second kappa shape index (κ2) is 5.37. The van der Waals surface area contributed by atoms with Gasteiger partial charge in [0.1, 0.15) is 6.54 Å². The van der Waals surface area contributed by atoms with Gasteiger partial charge in [-0.2, -0.15) is 0 Å². The van der Waals surface area contributed by atoms with Crippen LogP contribution < -0.4 is 0 Å². The molecule has 0 bridgehead atoms. The third-order valence-corrected chi connectivity index (χ3v) is 4.26. The van der Waals surface area contributed by atoms with Crippen LogP contribution in [-0.2, 0) is 11.3 Å². The van der Waals surface area contributed by atoms with Gasteiger partial charge >= 0.3 is 11.3 Å². The van der Waals surface area contributed by atoms with Crippen LogP contribution in [0.5, 0.6) is 0 Å². The maximum Gasteiger partial charge on any atom is 0.394 e. The summed E-state index contributed by atoms with van der Waals surface area (Å²) < 4.78 is 1.66. The van der Waals surface area contributed by atoms with Crippen LogP contribution >= 0.6 is 23.2 Å². The molecule has 0 N–H and O–H groups in total. The molecule has 3 rings (SSSR count). The predicted octanol–water partition coefficient (Wildman–Crippen LogP) is 1.75. The van der Waals surface area contributed by atoms with E-state index in [-0.39, 0.29) is 11.2 Å². The molecule has 22 heavy (non-hydrogen) atoms. The van der Waals surface area contributed by atoms with Gasteiger partial charge in [-0.3, -0.25) is 14.6 Å². The first-order valence-electron chi connectivity index (χ1n) is 6.57. The summed E-state index contributed by atoms with van der Waals surface area (Å²) in [6.45, 7) is 0.374. The van der Waals surface area contributed by atoms with Crippen molar-refractivity contribution in [3.8, 4) is 0 Å². The number of amidine groups is 2. The number of fused-ring (bicyclic) bond motifs is 1. The lowest BCUT2D eigenvalue weighted by Gasteiger charge is -2.30. The number of hydrogen-bond acceptors (Lipinski definition) is 3. The highest BCUT2D eigenvalue weighted by molar-refractivity contribution is 6.65. The van der Waals surface area contributed by atoms with Crippen molar-refractivity contribution in [3.63, 3.8) is 0 Å². The van der Waals surface area contributed by atoms with Crippen molar-refractivity contribution in [2.75, 3.05) is 14.1 Å². The summed E-state index contributed by atoms with van der Waals surface area (Å²) in [5.74, 6) is -0.000318. The molecular formula is C14H13Cl2N4O2+. The monoisotopic (exact) mass is 339 g/mol. The van der Waals surface area contributed by atoms with Crippen LogP contribution in [0.2, 0.25) is 5.02 Å². The number of carbonyl (C=O) groups excluding carboxylic acids is 2. The van der Waals surface area contributed by atoms with Gasteiger partial charge in [-0.05, 0) is 22.7 Å². The lowest BCUT2D eigenvalue weighted by atomic mass is 10.1. The number of imide groups is 1. The third-order valence-electron chi connectivity index (χ3n) is 3.72. The number of carbonyl (C=O) groups is 2. The summed E-state index contributed by atoms with van der Waals surface area (Å²) >= 11 is 12.2. The van der Waals surface area contributed by atoms with Gasteiger partial charge in [0.25, 0.3) is 17.8 Å². The highest BCUT2D eigenvalue weighted by Gasteiger charge is 2.52. The first-order valence-corrected chi connectivity index (χ1v) is 7.33. The van der Waals surface area contributed by atoms with Gasteiger partial charge in [0, 0.05) is 30.7 Å². The molecule has 114 valence electrons. The molecule has 1 saturated heterocycles. The molecule has 0 radical (unpaired) electrons. The first kappa shape index (κ1) is 15.0. The summed E-state index contributed by atoms with van der Waals surface area (Å²) in [6.07, 6.45) is 0. The molecule has 3 amide bonds. The van der Waals surface area contributed by atoms with Gasteiger partial charge in [0.2, 0.25) is 0 Å². The quantitative estimate of drug-likeness (QED) is 0.608. The van der Waals surface area contributed by atoms with Crippen molar-refractivity contribution in [1.82, 2.24) is 9.80 Å². The Morgan fingerprint density at radius 3 is 2.64 bits per heavy atom. The number of rotatable bonds is 2. The molecular weight excluding hydrogens is 327 g/mol. The SMILES string of the molecule is CN1C(=O)C2C(=NC(Cl)=[N+]2Cc2cccc(Cl)c2)N(C)C1=O. The molecule has 2 aliphatic heterocycles. The van der Waals surface area contributed by atoms with E-state index in [1.165, 1.54) is 11.9 Å². The van der Waals surface area contributed by atoms with Crippen molar-refractivity contribution in [2.45, 2.75) is 12.6 Å². The summed E-state index contributed by atoms with van der Waals surface area (Å²) in [5.41, 5.74) is 0.900. The van der Waals surface area contributed by atoms with E-state index in [0.29, 0.717) is 17.4 Å². The lowest BCUT2D eigenvalue weighted by molar-refractivity contribution is -0.549. The summed E-state index contributed by atoms with van der Waals surface area (Å²) in [4.78, 5) is 31.0. The Morgan fingerprint density at radius 2 is 1.95 bits per heavy atom. The number of nitrogens with zero attached hydrogens (tertiary/aromatic N) is 4. The fourth-order valence-corrected chi connectivity index (χ4v) is 3.01. The van der Waals surface area contributed by atoms with E-state index in [4.69, 9.17) is 23.2 Å². The number of aliphatic imine (C=N–C) groups is 1. The van der Waals surface area contributed by atoms with Crippen LogP contribution in [0.15, 0.2) is 29.3 Å². The molecule has 1 fully saturated rings. The largest absolute Gasteiger partial charge is 0.394 e. The molecule has 0 spiro atoms. The molecule has 2 aliphatic rings. The van der Waals surface area contributed by atoms with Crippen molar-refractivity contribution in [2.24, 2.45) is 4.99 Å². The van der Waals surface area contributed by atoms with Crippen LogP contribution in [0.3, 0.4) is 0 Å². The first-order chi connectivity index (χ1) is 10.4. The standard InChI is InChI=1S/C14H13Cl2N4O2/c1-18-11-10(12(21)19(2)14(18)22)20(13(16)17-11)7-8-4-3-5-9(15)6-8/h3-6,10H,7H2,1-2H3/q+1. The van der Waals surface area contributed by atoms with E-state index in [9.17, 15) is 9.59 Å². The number of amides is 3. The molecule has 8 heteroatoms. The van der Waals surface area contributed by atoms with Gasteiger partial charge < -0.3 is 0 Å². The Morgan fingerprint density at radius 1 is 1.23 bits per heavy atom. The van der Waals surface area contributed by atoms with Crippen LogP contribution in [0.4, 0.5) is 4.79 Å². The van der Waals surface area contributed by atoms with E-state index in [0.717, 1.165) is 10.5 Å². The van der Waals surface area contributed by atoms with Crippen LogP contribution in [-0.4, -0.2) is 57.6 Å². The minimum absolute atomic E-state index is 0.184. The number of halogens is 2. The molecule has 2 heterocycles. The number of benzene rings is 1. The fraction of sp³-hybridized carbons (Fsp3) is 0.286. The lowest BCUT2D eigenvalue weighted by Crippen LogP contribution is -2.61. The van der Waals surface area contributed by atoms with Crippen LogP contribution in [0.25, 0.3) is 0 Å². The fourth-order valence-electron chi connectivity index (χ4n) is 2.56. The summed E-state index contributed by atoms with van der Waals surface area (Å²) in [6, 6.07) is 6.17. The molecule has 1 aromatic rings. The van der Waals surface area contributed by atoms with E-state index in [2.05, 4.69) is 4.99 Å².